The molecule has 112 valence electrons. The summed E-state index contributed by atoms with van der Waals surface area (Å²) in [5.41, 5.74) is -0.594. The standard InChI is InChI=1S/C11H21BF3N2O2.K/c1-9-7-16(8-12(13,14)15)5-6-17(9)10(18)19-11(2,3)4;/h9H,5-8H2,1-4H3;/q-1;+1. The normalized spacial score (nSPS) is 21.4. The summed E-state index contributed by atoms with van der Waals surface area (Å²) < 4.78 is 42.3. The fourth-order valence-corrected chi connectivity index (χ4v) is 2.08. The van der Waals surface area contributed by atoms with E-state index in [2.05, 4.69) is 0 Å². The van der Waals surface area contributed by atoms with Crippen LogP contribution in [-0.2, 0) is 4.74 Å². The van der Waals surface area contributed by atoms with Gasteiger partial charge >= 0.3 is 64.5 Å². The van der Waals surface area contributed by atoms with E-state index in [4.69, 9.17) is 4.74 Å². The van der Waals surface area contributed by atoms with E-state index >= 15 is 0 Å². The molecular weight excluding hydrogens is 299 g/mol. The van der Waals surface area contributed by atoms with Gasteiger partial charge < -0.3 is 27.5 Å². The van der Waals surface area contributed by atoms with E-state index in [0.29, 0.717) is 0 Å². The molecule has 1 heterocycles. The average Bonchev–Trinajstić information content (AvgIpc) is 2.11. The van der Waals surface area contributed by atoms with Crippen LogP contribution >= 0.6 is 0 Å². The molecule has 1 unspecified atom stereocenters. The van der Waals surface area contributed by atoms with E-state index < -0.39 is 25.1 Å². The molecule has 1 rings (SSSR count). The number of nitrogens with zero attached hydrogens (tertiary/aromatic N) is 2. The van der Waals surface area contributed by atoms with Crippen LogP contribution in [0.1, 0.15) is 27.7 Å². The summed E-state index contributed by atoms with van der Waals surface area (Å²) in [6, 6.07) is -0.276. The molecule has 1 aliphatic rings. The quantitative estimate of drug-likeness (QED) is 0.632. The Labute approximate surface area is 160 Å². The van der Waals surface area contributed by atoms with Crippen molar-refractivity contribution in [2.75, 3.05) is 26.1 Å². The van der Waals surface area contributed by atoms with Crippen molar-refractivity contribution in [1.29, 1.82) is 0 Å². The molecule has 0 saturated carbocycles. The molecule has 0 aliphatic carbocycles. The molecule has 4 nitrogen and oxygen atoms in total. The van der Waals surface area contributed by atoms with Crippen molar-refractivity contribution in [1.82, 2.24) is 9.80 Å². The van der Waals surface area contributed by atoms with Crippen molar-refractivity contribution in [2.45, 2.75) is 39.3 Å². The van der Waals surface area contributed by atoms with Crippen LogP contribution in [0.3, 0.4) is 0 Å². The second-order valence-corrected chi connectivity index (χ2v) is 5.99. The van der Waals surface area contributed by atoms with Gasteiger partial charge in [0.1, 0.15) is 5.60 Å². The van der Waals surface area contributed by atoms with E-state index in [9.17, 15) is 17.7 Å². The summed E-state index contributed by atoms with van der Waals surface area (Å²) in [7, 11) is 0. The predicted molar refractivity (Wildman–Crippen MR) is 67.9 cm³/mol. The van der Waals surface area contributed by atoms with Crippen LogP contribution in [0, 0.1) is 0 Å². The van der Waals surface area contributed by atoms with Crippen molar-refractivity contribution in [3.63, 3.8) is 0 Å². The fraction of sp³-hybridized carbons (Fsp3) is 0.909. The summed E-state index contributed by atoms with van der Waals surface area (Å²) in [4.78, 5) is 14.7. The van der Waals surface area contributed by atoms with Crippen molar-refractivity contribution in [3.05, 3.63) is 0 Å². The number of hydrogen-bond acceptors (Lipinski definition) is 3. The third-order valence-electron chi connectivity index (χ3n) is 2.80. The molecule has 20 heavy (non-hydrogen) atoms. The van der Waals surface area contributed by atoms with Crippen LogP contribution in [-0.4, -0.2) is 60.6 Å². The Morgan fingerprint density at radius 2 is 1.85 bits per heavy atom. The molecule has 1 aliphatic heterocycles. The topological polar surface area (TPSA) is 32.8 Å². The Balaban J connectivity index is 0.00000361. The van der Waals surface area contributed by atoms with Crippen LogP contribution < -0.4 is 51.4 Å². The Morgan fingerprint density at radius 1 is 1.30 bits per heavy atom. The molecule has 9 heteroatoms. The third kappa shape index (κ3) is 7.65. The van der Waals surface area contributed by atoms with E-state index in [-0.39, 0.29) is 77.1 Å². The smallest absolute Gasteiger partial charge is 0.448 e. The number of rotatable bonds is 2. The van der Waals surface area contributed by atoms with Crippen LogP contribution in [0.2, 0.25) is 0 Å². The molecule has 1 amide bonds. The number of carbonyl (C=O) groups excluding carboxylic acids is 1. The number of piperazine rings is 1. The summed E-state index contributed by atoms with van der Waals surface area (Å²) in [6.45, 7) is 2.92. The van der Waals surface area contributed by atoms with Gasteiger partial charge in [-0.2, -0.15) is 0 Å². The second kappa shape index (κ2) is 7.82. The molecule has 0 radical (unpaired) electrons. The minimum absolute atomic E-state index is 0. The summed E-state index contributed by atoms with van der Waals surface area (Å²) in [6.07, 6.45) is -1.33. The second-order valence-electron chi connectivity index (χ2n) is 5.99. The zero-order valence-corrected chi connectivity index (χ0v) is 16.0. The molecule has 0 aromatic rings. The van der Waals surface area contributed by atoms with Gasteiger partial charge in [-0.3, -0.25) is 0 Å². The maximum atomic E-state index is 12.4. The molecule has 0 aromatic heterocycles. The first-order valence-corrected chi connectivity index (χ1v) is 6.41. The maximum absolute atomic E-state index is 12.4. The largest absolute Gasteiger partial charge is 1.00 e. The number of ether oxygens (including phenoxy) is 1. The Bertz CT molecular complexity index is 337. The number of amides is 1. The van der Waals surface area contributed by atoms with Gasteiger partial charge in [-0.1, -0.05) is 0 Å². The van der Waals surface area contributed by atoms with Gasteiger partial charge in [0.05, 0.1) is 0 Å². The van der Waals surface area contributed by atoms with Gasteiger partial charge in [0.15, 0.2) is 0 Å². The van der Waals surface area contributed by atoms with Crippen LogP contribution in [0.15, 0.2) is 0 Å². The molecule has 0 N–H and O–H groups in total. The molecule has 0 aromatic carbocycles. The molecule has 1 saturated heterocycles. The van der Waals surface area contributed by atoms with Gasteiger partial charge in [-0.05, 0) is 34.1 Å². The van der Waals surface area contributed by atoms with Crippen LogP contribution in [0.4, 0.5) is 17.7 Å². The minimum atomic E-state index is -4.82. The van der Waals surface area contributed by atoms with E-state index in [1.165, 1.54) is 9.80 Å². The van der Waals surface area contributed by atoms with Crippen molar-refractivity contribution >= 4 is 13.1 Å². The molecule has 0 spiro atoms. The third-order valence-corrected chi connectivity index (χ3v) is 2.80. The first-order valence-electron chi connectivity index (χ1n) is 6.41. The zero-order chi connectivity index (χ0) is 14.8. The Hall–Kier alpha value is 0.721. The monoisotopic (exact) mass is 320 g/mol. The average molecular weight is 320 g/mol. The Morgan fingerprint density at radius 3 is 2.25 bits per heavy atom. The molecule has 0 bridgehead atoms. The van der Waals surface area contributed by atoms with Crippen LogP contribution in [0.25, 0.3) is 0 Å². The first-order chi connectivity index (χ1) is 8.48. The van der Waals surface area contributed by atoms with E-state index in [1.807, 2.05) is 0 Å². The van der Waals surface area contributed by atoms with Gasteiger partial charge in [0.25, 0.3) is 0 Å². The van der Waals surface area contributed by atoms with Crippen molar-refractivity contribution < 1.29 is 73.9 Å². The van der Waals surface area contributed by atoms with E-state index in [0.717, 1.165) is 0 Å². The van der Waals surface area contributed by atoms with E-state index in [1.54, 1.807) is 27.7 Å². The number of carbonyl (C=O) groups is 1. The fourth-order valence-electron chi connectivity index (χ4n) is 2.08. The summed E-state index contributed by atoms with van der Waals surface area (Å²) in [5, 5.41) is 0. The number of hydrogen-bond donors (Lipinski definition) is 0. The van der Waals surface area contributed by atoms with Gasteiger partial charge in [-0.15, -0.1) is 0 Å². The zero-order valence-electron chi connectivity index (χ0n) is 12.8. The number of halogens is 3. The maximum Gasteiger partial charge on any atom is 1.00 e. The first kappa shape index (κ1) is 20.7. The summed E-state index contributed by atoms with van der Waals surface area (Å²) in [5.74, 6) is 0. The summed E-state index contributed by atoms with van der Waals surface area (Å²) >= 11 is 0. The predicted octanol–water partition coefficient (Wildman–Crippen LogP) is -0.682. The SMILES string of the molecule is CC1CN(C[B-](F)(F)F)CCN1C(=O)OC(C)(C)C.[K+]. The molecule has 1 fully saturated rings. The van der Waals surface area contributed by atoms with Gasteiger partial charge in [0.2, 0.25) is 0 Å². The molecular formula is C11H21BF3KN2O2. The Kier molecular flexibility index (Phi) is 8.11. The molecule has 1 atom stereocenters. The minimum Gasteiger partial charge on any atom is -0.448 e. The van der Waals surface area contributed by atoms with Gasteiger partial charge in [0, 0.05) is 25.7 Å². The van der Waals surface area contributed by atoms with Gasteiger partial charge in [-0.25, -0.2) is 4.79 Å². The van der Waals surface area contributed by atoms with Crippen LogP contribution in [0.5, 0.6) is 0 Å². The van der Waals surface area contributed by atoms with Crippen molar-refractivity contribution in [2.24, 2.45) is 0 Å². The van der Waals surface area contributed by atoms with Crippen molar-refractivity contribution in [3.8, 4) is 0 Å².